The third-order valence-electron chi connectivity index (χ3n) is 2.77. The number of hydrogen-bond acceptors (Lipinski definition) is 3. The quantitative estimate of drug-likeness (QED) is 0.733. The number of benzene rings is 1. The molecule has 0 aliphatic heterocycles. The molecule has 2 unspecified atom stereocenters. The molecule has 0 saturated carbocycles. The molecule has 0 spiro atoms. The summed E-state index contributed by atoms with van der Waals surface area (Å²) in [6.45, 7) is 7.44. The molecule has 0 fully saturated rings. The fourth-order valence-electron chi connectivity index (χ4n) is 2.03. The zero-order valence-electron chi connectivity index (χ0n) is 10.9. The summed E-state index contributed by atoms with van der Waals surface area (Å²) in [6.07, 6.45) is 0.955. The molecule has 1 aromatic rings. The molecule has 1 rings (SSSR count). The van der Waals surface area contributed by atoms with Crippen molar-refractivity contribution in [3.8, 4) is 0 Å². The van der Waals surface area contributed by atoms with Crippen LogP contribution in [0.3, 0.4) is 0 Å². The van der Waals surface area contributed by atoms with E-state index in [2.05, 4.69) is 50.4 Å². The first-order valence-electron chi connectivity index (χ1n) is 6.17. The van der Waals surface area contributed by atoms with E-state index in [4.69, 9.17) is 0 Å². The molecule has 3 heteroatoms. The lowest BCUT2D eigenvalue weighted by atomic mass is 9.97. The number of aliphatic hydroxyl groups is 1. The molecule has 0 aliphatic rings. The van der Waals surface area contributed by atoms with Gasteiger partial charge in [0.25, 0.3) is 0 Å². The Kier molecular flexibility index (Phi) is 6.03. The number of rotatable bonds is 7. The normalized spacial score (nSPS) is 16.5. The fourth-order valence-corrected chi connectivity index (χ4v) is 3.26. The summed E-state index contributed by atoms with van der Waals surface area (Å²) in [5.74, 6) is 0. The van der Waals surface area contributed by atoms with Crippen molar-refractivity contribution in [2.24, 2.45) is 0 Å². The lowest BCUT2D eigenvalue weighted by Gasteiger charge is -2.31. The van der Waals surface area contributed by atoms with Crippen molar-refractivity contribution in [3.63, 3.8) is 0 Å². The van der Waals surface area contributed by atoms with Gasteiger partial charge >= 0.3 is 0 Å². The van der Waals surface area contributed by atoms with Gasteiger partial charge in [0.05, 0.1) is 6.61 Å². The zero-order valence-corrected chi connectivity index (χ0v) is 11.8. The second-order valence-electron chi connectivity index (χ2n) is 4.69. The minimum absolute atomic E-state index is 0.171. The Balaban J connectivity index is 2.51. The van der Waals surface area contributed by atoms with Crippen LogP contribution in [0.2, 0.25) is 0 Å². The third-order valence-corrected chi connectivity index (χ3v) is 3.88. The van der Waals surface area contributed by atoms with E-state index >= 15 is 0 Å². The smallest absolute Gasteiger partial charge is 0.0611 e. The van der Waals surface area contributed by atoms with Gasteiger partial charge in [-0.3, -0.25) is 0 Å². The summed E-state index contributed by atoms with van der Waals surface area (Å²) < 4.78 is 0. The first-order chi connectivity index (χ1) is 8.09. The Hall–Kier alpha value is -0.510. The SMILES string of the molecule is CCNC(C)(CO)CC(C)Sc1ccccc1. The lowest BCUT2D eigenvalue weighted by molar-refractivity contribution is 0.168. The summed E-state index contributed by atoms with van der Waals surface area (Å²) in [5, 5.41) is 13.3. The molecule has 1 aromatic carbocycles. The van der Waals surface area contributed by atoms with Gasteiger partial charge in [0.1, 0.15) is 0 Å². The standard InChI is InChI=1S/C14H23NOS/c1-4-15-14(3,11-16)10-12(2)17-13-8-6-5-7-9-13/h5-9,12,15-16H,4,10-11H2,1-3H3. The van der Waals surface area contributed by atoms with Gasteiger partial charge in [-0.25, -0.2) is 0 Å². The highest BCUT2D eigenvalue weighted by atomic mass is 32.2. The van der Waals surface area contributed by atoms with Crippen molar-refractivity contribution in [2.45, 2.75) is 42.9 Å². The van der Waals surface area contributed by atoms with E-state index in [0.717, 1.165) is 13.0 Å². The van der Waals surface area contributed by atoms with Crippen molar-refractivity contribution in [2.75, 3.05) is 13.2 Å². The largest absolute Gasteiger partial charge is 0.394 e. The average Bonchev–Trinajstić information content (AvgIpc) is 2.30. The van der Waals surface area contributed by atoms with E-state index in [1.54, 1.807) is 0 Å². The molecule has 17 heavy (non-hydrogen) atoms. The molecule has 0 radical (unpaired) electrons. The van der Waals surface area contributed by atoms with Crippen molar-refractivity contribution in [1.82, 2.24) is 5.32 Å². The third kappa shape index (κ3) is 5.11. The molecule has 0 amide bonds. The zero-order chi connectivity index (χ0) is 12.7. The molecule has 0 heterocycles. The second-order valence-corrected chi connectivity index (χ2v) is 6.21. The molecular formula is C14H23NOS. The molecule has 0 aliphatic carbocycles. The topological polar surface area (TPSA) is 32.3 Å². The van der Waals surface area contributed by atoms with E-state index in [9.17, 15) is 5.11 Å². The van der Waals surface area contributed by atoms with E-state index in [-0.39, 0.29) is 12.1 Å². The van der Waals surface area contributed by atoms with Gasteiger partial charge in [-0.05, 0) is 32.0 Å². The highest BCUT2D eigenvalue weighted by Crippen LogP contribution is 2.28. The van der Waals surface area contributed by atoms with Gasteiger partial charge in [0.15, 0.2) is 0 Å². The summed E-state index contributed by atoms with van der Waals surface area (Å²) in [4.78, 5) is 1.29. The number of thioether (sulfide) groups is 1. The van der Waals surface area contributed by atoms with Gasteiger partial charge < -0.3 is 10.4 Å². The Morgan fingerprint density at radius 3 is 2.53 bits per heavy atom. The predicted octanol–water partition coefficient (Wildman–Crippen LogP) is 2.92. The predicted molar refractivity (Wildman–Crippen MR) is 75.5 cm³/mol. The van der Waals surface area contributed by atoms with Gasteiger partial charge in [-0.2, -0.15) is 0 Å². The summed E-state index contributed by atoms with van der Waals surface area (Å²) >= 11 is 1.86. The van der Waals surface area contributed by atoms with Gasteiger partial charge in [0.2, 0.25) is 0 Å². The minimum Gasteiger partial charge on any atom is -0.394 e. The van der Waals surface area contributed by atoms with Crippen LogP contribution in [-0.4, -0.2) is 29.0 Å². The number of nitrogens with one attached hydrogen (secondary N) is 1. The Labute approximate surface area is 109 Å². The number of likely N-dealkylation sites (N-methyl/N-ethyl adjacent to an activating group) is 1. The molecule has 2 N–H and O–H groups in total. The maximum absolute atomic E-state index is 9.46. The molecule has 0 saturated heterocycles. The summed E-state index contributed by atoms with van der Waals surface area (Å²) in [5.41, 5.74) is -0.171. The molecule has 96 valence electrons. The molecule has 0 bridgehead atoms. The van der Waals surface area contributed by atoms with Crippen molar-refractivity contribution in [3.05, 3.63) is 30.3 Å². The number of aliphatic hydroxyl groups excluding tert-OH is 1. The Bertz CT molecular complexity index is 317. The van der Waals surface area contributed by atoms with Crippen LogP contribution in [0.5, 0.6) is 0 Å². The molecule has 0 aromatic heterocycles. The average molecular weight is 253 g/mol. The van der Waals surface area contributed by atoms with Crippen LogP contribution in [0, 0.1) is 0 Å². The molecule has 2 nitrogen and oxygen atoms in total. The van der Waals surface area contributed by atoms with E-state index in [0.29, 0.717) is 5.25 Å². The van der Waals surface area contributed by atoms with Crippen LogP contribution >= 0.6 is 11.8 Å². The Morgan fingerprint density at radius 1 is 1.35 bits per heavy atom. The maximum atomic E-state index is 9.46. The van der Waals surface area contributed by atoms with E-state index < -0.39 is 0 Å². The van der Waals surface area contributed by atoms with Crippen molar-refractivity contribution in [1.29, 1.82) is 0 Å². The van der Waals surface area contributed by atoms with Gasteiger partial charge in [-0.15, -0.1) is 11.8 Å². The van der Waals surface area contributed by atoms with Crippen LogP contribution < -0.4 is 5.32 Å². The minimum atomic E-state index is -0.171. The second kappa shape index (κ2) is 7.04. The summed E-state index contributed by atoms with van der Waals surface area (Å²) in [7, 11) is 0. The Morgan fingerprint density at radius 2 is 2.00 bits per heavy atom. The van der Waals surface area contributed by atoms with Crippen molar-refractivity contribution >= 4 is 11.8 Å². The summed E-state index contributed by atoms with van der Waals surface area (Å²) in [6, 6.07) is 10.4. The van der Waals surface area contributed by atoms with Crippen LogP contribution in [0.15, 0.2) is 35.2 Å². The highest BCUT2D eigenvalue weighted by molar-refractivity contribution is 7.99. The van der Waals surface area contributed by atoms with Crippen LogP contribution in [0.4, 0.5) is 0 Å². The van der Waals surface area contributed by atoms with Crippen LogP contribution in [0.1, 0.15) is 27.2 Å². The first kappa shape index (κ1) is 14.6. The fraction of sp³-hybridized carbons (Fsp3) is 0.571. The lowest BCUT2D eigenvalue weighted by Crippen LogP contribution is -2.47. The van der Waals surface area contributed by atoms with E-state index in [1.807, 2.05) is 17.8 Å². The van der Waals surface area contributed by atoms with Crippen LogP contribution in [0.25, 0.3) is 0 Å². The molecular weight excluding hydrogens is 230 g/mol. The van der Waals surface area contributed by atoms with E-state index in [1.165, 1.54) is 4.90 Å². The van der Waals surface area contributed by atoms with Gasteiger partial charge in [0, 0.05) is 15.7 Å². The molecule has 2 atom stereocenters. The number of hydrogen-bond donors (Lipinski definition) is 2. The van der Waals surface area contributed by atoms with Crippen LogP contribution in [-0.2, 0) is 0 Å². The van der Waals surface area contributed by atoms with Crippen molar-refractivity contribution < 1.29 is 5.11 Å². The maximum Gasteiger partial charge on any atom is 0.0611 e. The monoisotopic (exact) mass is 253 g/mol. The highest BCUT2D eigenvalue weighted by Gasteiger charge is 2.24. The first-order valence-corrected chi connectivity index (χ1v) is 7.05. The van der Waals surface area contributed by atoms with Gasteiger partial charge in [-0.1, -0.05) is 32.0 Å².